The first-order valence-electron chi connectivity index (χ1n) is 10.6. The highest BCUT2D eigenvalue weighted by Crippen LogP contribution is 2.36. The number of nitrogens with zero attached hydrogens (tertiary/aromatic N) is 3. The summed E-state index contributed by atoms with van der Waals surface area (Å²) in [5.41, 5.74) is 1.93. The standard InChI is InChI=1S/C23H26FN5O2/c1-14(2)26-21(30)16-5-9-18(10-6-16)29-20-11-12-25-13-19(20)27-23(29)28-22(31)15-3-7-17(24)8-4-15/h3-4,7-8,11-14,16,18H,5-6,9-10H2,1-2H3,(H,26,30)(H,27,28,31). The van der Waals surface area contributed by atoms with Crippen LogP contribution in [0.5, 0.6) is 0 Å². The summed E-state index contributed by atoms with van der Waals surface area (Å²) in [5.74, 6) is -0.194. The number of imidazole rings is 1. The number of carbonyl (C=O) groups is 2. The molecule has 31 heavy (non-hydrogen) atoms. The molecule has 7 nitrogen and oxygen atoms in total. The van der Waals surface area contributed by atoms with Crippen LogP contribution in [0.25, 0.3) is 11.0 Å². The van der Waals surface area contributed by atoms with E-state index >= 15 is 0 Å². The minimum Gasteiger partial charge on any atom is -0.354 e. The van der Waals surface area contributed by atoms with Crippen molar-refractivity contribution in [2.45, 2.75) is 51.6 Å². The molecule has 1 aliphatic carbocycles. The van der Waals surface area contributed by atoms with Crippen molar-refractivity contribution in [2.75, 3.05) is 5.32 Å². The summed E-state index contributed by atoms with van der Waals surface area (Å²) in [7, 11) is 0. The molecular formula is C23H26FN5O2. The van der Waals surface area contributed by atoms with E-state index in [-0.39, 0.29) is 29.8 Å². The summed E-state index contributed by atoms with van der Waals surface area (Å²) in [6.07, 6.45) is 6.54. The summed E-state index contributed by atoms with van der Waals surface area (Å²) in [6, 6.07) is 7.52. The molecule has 162 valence electrons. The summed E-state index contributed by atoms with van der Waals surface area (Å²) in [4.78, 5) is 33.8. The van der Waals surface area contributed by atoms with Gasteiger partial charge in [-0.1, -0.05) is 0 Å². The molecule has 2 N–H and O–H groups in total. The van der Waals surface area contributed by atoms with Crippen LogP contribution in [0.3, 0.4) is 0 Å². The Labute approximate surface area is 180 Å². The predicted molar refractivity (Wildman–Crippen MR) is 116 cm³/mol. The fourth-order valence-corrected chi connectivity index (χ4v) is 4.18. The van der Waals surface area contributed by atoms with Crippen LogP contribution < -0.4 is 10.6 Å². The third-order valence-corrected chi connectivity index (χ3v) is 5.69. The molecule has 0 aliphatic heterocycles. The quantitative estimate of drug-likeness (QED) is 0.647. The number of fused-ring (bicyclic) bond motifs is 1. The third kappa shape index (κ3) is 4.57. The van der Waals surface area contributed by atoms with E-state index in [9.17, 15) is 14.0 Å². The molecule has 2 amide bonds. The second-order valence-corrected chi connectivity index (χ2v) is 8.30. The fourth-order valence-electron chi connectivity index (χ4n) is 4.18. The molecule has 0 bridgehead atoms. The van der Waals surface area contributed by atoms with Gasteiger partial charge in [0.15, 0.2) is 0 Å². The van der Waals surface area contributed by atoms with Gasteiger partial charge in [-0.25, -0.2) is 9.37 Å². The minimum atomic E-state index is -0.395. The lowest BCUT2D eigenvalue weighted by molar-refractivity contribution is -0.126. The number of pyridine rings is 1. The van der Waals surface area contributed by atoms with Crippen molar-refractivity contribution < 1.29 is 14.0 Å². The van der Waals surface area contributed by atoms with Crippen molar-refractivity contribution in [3.63, 3.8) is 0 Å². The number of benzene rings is 1. The molecule has 1 aromatic carbocycles. The topological polar surface area (TPSA) is 88.9 Å². The molecule has 0 radical (unpaired) electrons. The Morgan fingerprint density at radius 3 is 2.48 bits per heavy atom. The highest BCUT2D eigenvalue weighted by molar-refractivity contribution is 6.04. The first-order valence-corrected chi connectivity index (χ1v) is 10.6. The summed E-state index contributed by atoms with van der Waals surface area (Å²) < 4.78 is 15.2. The lowest BCUT2D eigenvalue weighted by Crippen LogP contribution is -2.37. The number of amides is 2. The Morgan fingerprint density at radius 1 is 1.10 bits per heavy atom. The van der Waals surface area contributed by atoms with E-state index in [1.165, 1.54) is 24.3 Å². The highest BCUT2D eigenvalue weighted by atomic mass is 19.1. The highest BCUT2D eigenvalue weighted by Gasteiger charge is 2.30. The van der Waals surface area contributed by atoms with E-state index in [2.05, 4.69) is 20.6 Å². The maximum Gasteiger partial charge on any atom is 0.257 e. The average Bonchev–Trinajstić information content (AvgIpc) is 3.11. The number of hydrogen-bond donors (Lipinski definition) is 2. The number of nitrogens with one attached hydrogen (secondary N) is 2. The monoisotopic (exact) mass is 423 g/mol. The number of rotatable bonds is 5. The maximum absolute atomic E-state index is 13.2. The number of aromatic nitrogens is 3. The average molecular weight is 423 g/mol. The van der Waals surface area contributed by atoms with Crippen molar-refractivity contribution in [3.8, 4) is 0 Å². The zero-order valence-electron chi connectivity index (χ0n) is 17.6. The molecule has 0 unspecified atom stereocenters. The minimum absolute atomic E-state index is 0.00681. The van der Waals surface area contributed by atoms with Crippen LogP contribution in [0.2, 0.25) is 0 Å². The second kappa shape index (κ2) is 8.83. The van der Waals surface area contributed by atoms with Gasteiger partial charge < -0.3 is 9.88 Å². The molecule has 1 aliphatic rings. The number of anilines is 1. The van der Waals surface area contributed by atoms with Gasteiger partial charge in [-0.2, -0.15) is 0 Å². The molecular weight excluding hydrogens is 397 g/mol. The zero-order chi connectivity index (χ0) is 22.0. The first-order chi connectivity index (χ1) is 14.9. The van der Waals surface area contributed by atoms with E-state index in [1.807, 2.05) is 24.5 Å². The zero-order valence-corrected chi connectivity index (χ0v) is 17.6. The van der Waals surface area contributed by atoms with Gasteiger partial charge >= 0.3 is 0 Å². The fraction of sp³-hybridized carbons (Fsp3) is 0.391. The summed E-state index contributed by atoms with van der Waals surface area (Å²) in [5, 5.41) is 5.88. The lowest BCUT2D eigenvalue weighted by atomic mass is 9.85. The Kier molecular flexibility index (Phi) is 5.97. The third-order valence-electron chi connectivity index (χ3n) is 5.69. The van der Waals surface area contributed by atoms with Crippen LogP contribution in [0.4, 0.5) is 10.3 Å². The first kappa shape index (κ1) is 21.0. The van der Waals surface area contributed by atoms with Gasteiger partial charge in [-0.3, -0.25) is 19.9 Å². The maximum atomic E-state index is 13.2. The van der Waals surface area contributed by atoms with Crippen LogP contribution in [-0.4, -0.2) is 32.4 Å². The Morgan fingerprint density at radius 2 is 1.81 bits per heavy atom. The van der Waals surface area contributed by atoms with E-state index in [4.69, 9.17) is 0 Å². The largest absolute Gasteiger partial charge is 0.354 e. The molecule has 1 fully saturated rings. The van der Waals surface area contributed by atoms with Crippen molar-refractivity contribution in [1.82, 2.24) is 19.9 Å². The SMILES string of the molecule is CC(C)NC(=O)C1CCC(n2c(NC(=O)c3ccc(F)cc3)nc3cnccc32)CC1. The van der Waals surface area contributed by atoms with Crippen LogP contribution >= 0.6 is 0 Å². The summed E-state index contributed by atoms with van der Waals surface area (Å²) in [6.45, 7) is 3.93. The van der Waals surface area contributed by atoms with E-state index in [0.29, 0.717) is 17.0 Å². The molecule has 8 heteroatoms. The molecule has 1 saturated carbocycles. The van der Waals surface area contributed by atoms with Crippen molar-refractivity contribution >= 4 is 28.8 Å². The molecule has 0 spiro atoms. The van der Waals surface area contributed by atoms with Crippen LogP contribution in [-0.2, 0) is 4.79 Å². The molecule has 3 aromatic rings. The van der Waals surface area contributed by atoms with Gasteiger partial charge in [-0.05, 0) is 69.9 Å². The Hall–Kier alpha value is -3.29. The van der Waals surface area contributed by atoms with Crippen LogP contribution in [0, 0.1) is 11.7 Å². The predicted octanol–water partition coefficient (Wildman–Crippen LogP) is 4.08. The number of halogens is 1. The van der Waals surface area contributed by atoms with Gasteiger partial charge in [0.2, 0.25) is 11.9 Å². The molecule has 2 aromatic heterocycles. The molecule has 2 heterocycles. The molecule has 0 saturated heterocycles. The van der Waals surface area contributed by atoms with E-state index < -0.39 is 5.82 Å². The molecule has 0 atom stereocenters. The van der Waals surface area contributed by atoms with Gasteiger partial charge in [0.25, 0.3) is 5.91 Å². The summed E-state index contributed by atoms with van der Waals surface area (Å²) >= 11 is 0. The molecule has 4 rings (SSSR count). The van der Waals surface area contributed by atoms with Gasteiger partial charge in [0.1, 0.15) is 11.3 Å². The van der Waals surface area contributed by atoms with Crippen molar-refractivity contribution in [2.24, 2.45) is 5.92 Å². The normalized spacial score (nSPS) is 18.8. The second-order valence-electron chi connectivity index (χ2n) is 8.30. The van der Waals surface area contributed by atoms with Crippen molar-refractivity contribution in [3.05, 3.63) is 54.1 Å². The number of hydrogen-bond acceptors (Lipinski definition) is 4. The van der Waals surface area contributed by atoms with Gasteiger partial charge in [0.05, 0.1) is 11.7 Å². The number of carbonyl (C=O) groups excluding carboxylic acids is 2. The Bertz CT molecular complexity index is 1090. The van der Waals surface area contributed by atoms with Crippen LogP contribution in [0.15, 0.2) is 42.7 Å². The smallest absolute Gasteiger partial charge is 0.257 e. The lowest BCUT2D eigenvalue weighted by Gasteiger charge is -2.30. The van der Waals surface area contributed by atoms with Crippen molar-refractivity contribution in [1.29, 1.82) is 0 Å². The Balaban J connectivity index is 1.57. The van der Waals surface area contributed by atoms with E-state index in [1.54, 1.807) is 12.4 Å². The van der Waals surface area contributed by atoms with E-state index in [0.717, 1.165) is 31.2 Å². The van der Waals surface area contributed by atoms with Gasteiger partial charge in [-0.15, -0.1) is 0 Å². The van der Waals surface area contributed by atoms with Crippen LogP contribution in [0.1, 0.15) is 55.9 Å². The van der Waals surface area contributed by atoms with Gasteiger partial charge in [0, 0.05) is 29.8 Å².